The highest BCUT2D eigenvalue weighted by Gasteiger charge is 2.18. The summed E-state index contributed by atoms with van der Waals surface area (Å²) in [5.74, 6) is 3.15. The van der Waals surface area contributed by atoms with Crippen molar-refractivity contribution in [2.24, 2.45) is 0 Å². The summed E-state index contributed by atoms with van der Waals surface area (Å²) < 4.78 is 19.6. The van der Waals surface area contributed by atoms with Crippen molar-refractivity contribution >= 4 is 11.0 Å². The Morgan fingerprint density at radius 1 is 0.862 bits per heavy atom. The number of methoxy groups -OCH3 is 1. The van der Waals surface area contributed by atoms with Crippen LogP contribution in [0.3, 0.4) is 0 Å². The number of nitrogens with zero attached hydrogens (tertiary/aromatic N) is 2. The Hall–Kier alpha value is -3.47. The fourth-order valence-electron chi connectivity index (χ4n) is 3.38. The van der Waals surface area contributed by atoms with Crippen molar-refractivity contribution in [3.05, 3.63) is 84.7 Å². The molecule has 1 aromatic heterocycles. The summed E-state index contributed by atoms with van der Waals surface area (Å²) in [4.78, 5) is 4.83. The molecule has 0 aliphatic heterocycles. The molecule has 5 nitrogen and oxygen atoms in total. The predicted octanol–water partition coefficient (Wildman–Crippen LogP) is 5.26. The van der Waals surface area contributed by atoms with E-state index >= 15 is 0 Å². The minimum atomic E-state index is -0.198. The van der Waals surface area contributed by atoms with Crippen LogP contribution in [0.2, 0.25) is 0 Å². The van der Waals surface area contributed by atoms with Gasteiger partial charge in [-0.15, -0.1) is 0 Å². The number of imidazole rings is 1. The first kappa shape index (κ1) is 18.9. The zero-order chi connectivity index (χ0) is 20.1. The van der Waals surface area contributed by atoms with Gasteiger partial charge in [-0.3, -0.25) is 0 Å². The number of aromatic nitrogens is 2. The maximum atomic E-state index is 6.13. The summed E-state index contributed by atoms with van der Waals surface area (Å²) in [7, 11) is 1.65. The molecule has 1 unspecified atom stereocenters. The molecule has 1 heterocycles. The quantitative estimate of drug-likeness (QED) is 0.413. The fraction of sp³-hybridized carbons (Fsp3) is 0.208. The van der Waals surface area contributed by atoms with Crippen molar-refractivity contribution in [1.82, 2.24) is 9.55 Å². The lowest BCUT2D eigenvalue weighted by molar-refractivity contribution is 0.207. The number of para-hydroxylation sites is 5. The molecule has 1 atom stereocenters. The van der Waals surface area contributed by atoms with Gasteiger partial charge in [0.05, 0.1) is 24.7 Å². The van der Waals surface area contributed by atoms with Crippen LogP contribution in [-0.4, -0.2) is 23.3 Å². The topological polar surface area (TPSA) is 45.5 Å². The van der Waals surface area contributed by atoms with Gasteiger partial charge < -0.3 is 18.8 Å². The van der Waals surface area contributed by atoms with Gasteiger partial charge in [0, 0.05) is 0 Å². The molecule has 0 amide bonds. The summed E-state index contributed by atoms with van der Waals surface area (Å²) in [5.41, 5.74) is 2.01. The minimum Gasteiger partial charge on any atom is -0.493 e. The van der Waals surface area contributed by atoms with Gasteiger partial charge >= 0.3 is 0 Å². The third-order valence-electron chi connectivity index (χ3n) is 4.75. The zero-order valence-electron chi connectivity index (χ0n) is 16.6. The van der Waals surface area contributed by atoms with Gasteiger partial charge in [-0.05, 0) is 43.3 Å². The molecule has 4 aromatic rings. The van der Waals surface area contributed by atoms with Crippen LogP contribution < -0.4 is 14.2 Å². The highest BCUT2D eigenvalue weighted by Crippen LogP contribution is 2.27. The maximum Gasteiger partial charge on any atom is 0.161 e. The van der Waals surface area contributed by atoms with Crippen molar-refractivity contribution in [2.45, 2.75) is 19.6 Å². The minimum absolute atomic E-state index is 0.198. The second-order valence-corrected chi connectivity index (χ2v) is 6.68. The molecule has 0 saturated heterocycles. The Morgan fingerprint density at radius 2 is 1.55 bits per heavy atom. The van der Waals surface area contributed by atoms with Gasteiger partial charge in [-0.25, -0.2) is 4.98 Å². The molecule has 0 fully saturated rings. The summed E-state index contributed by atoms with van der Waals surface area (Å²) in [6.45, 7) is 3.16. The molecule has 4 rings (SSSR count). The first-order chi connectivity index (χ1) is 14.3. The summed E-state index contributed by atoms with van der Waals surface area (Å²) in [6.07, 6.45) is -0.198. The maximum absolute atomic E-state index is 6.13. The number of fused-ring (bicyclic) bond motifs is 1. The molecule has 0 aliphatic carbocycles. The molecule has 0 N–H and O–H groups in total. The van der Waals surface area contributed by atoms with E-state index in [2.05, 4.69) is 10.6 Å². The van der Waals surface area contributed by atoms with Crippen LogP contribution in [0, 0.1) is 0 Å². The second-order valence-electron chi connectivity index (χ2n) is 6.68. The number of ether oxygens (including phenoxy) is 3. The van der Waals surface area contributed by atoms with Crippen LogP contribution in [0.4, 0.5) is 0 Å². The van der Waals surface area contributed by atoms with Gasteiger partial charge in [0.2, 0.25) is 0 Å². The lowest BCUT2D eigenvalue weighted by Crippen LogP contribution is -2.15. The average molecular weight is 388 g/mol. The summed E-state index contributed by atoms with van der Waals surface area (Å²) in [6, 6.07) is 25.6. The van der Waals surface area contributed by atoms with E-state index in [0.29, 0.717) is 13.2 Å². The Balaban J connectivity index is 1.56. The first-order valence-electron chi connectivity index (χ1n) is 9.69. The smallest absolute Gasteiger partial charge is 0.161 e. The Morgan fingerprint density at radius 3 is 2.34 bits per heavy atom. The van der Waals surface area contributed by atoms with Gasteiger partial charge in [0.25, 0.3) is 0 Å². The predicted molar refractivity (Wildman–Crippen MR) is 114 cm³/mol. The molecule has 0 aliphatic rings. The lowest BCUT2D eigenvalue weighted by Gasteiger charge is -2.17. The first-order valence-corrected chi connectivity index (χ1v) is 9.69. The summed E-state index contributed by atoms with van der Waals surface area (Å²) in [5, 5.41) is 0. The van der Waals surface area contributed by atoms with Crippen LogP contribution in [0.5, 0.6) is 17.2 Å². The summed E-state index contributed by atoms with van der Waals surface area (Å²) >= 11 is 0. The number of rotatable bonds is 8. The molecule has 0 spiro atoms. The van der Waals surface area contributed by atoms with E-state index < -0.39 is 0 Å². The zero-order valence-corrected chi connectivity index (χ0v) is 16.6. The van der Waals surface area contributed by atoms with E-state index in [-0.39, 0.29) is 6.10 Å². The number of hydrogen-bond acceptors (Lipinski definition) is 4. The Bertz CT molecular complexity index is 1080. The fourth-order valence-corrected chi connectivity index (χ4v) is 3.38. The molecular weight excluding hydrogens is 364 g/mol. The lowest BCUT2D eigenvalue weighted by atomic mass is 10.3. The van der Waals surface area contributed by atoms with Crippen LogP contribution in [0.15, 0.2) is 78.9 Å². The molecule has 0 saturated carbocycles. The number of benzene rings is 3. The van der Waals surface area contributed by atoms with E-state index in [1.165, 1.54) is 0 Å². The molecule has 3 aromatic carbocycles. The van der Waals surface area contributed by atoms with E-state index in [1.807, 2.05) is 79.7 Å². The van der Waals surface area contributed by atoms with Crippen molar-refractivity contribution in [3.8, 4) is 17.2 Å². The average Bonchev–Trinajstić information content (AvgIpc) is 3.14. The van der Waals surface area contributed by atoms with Gasteiger partial charge in [0.1, 0.15) is 12.4 Å². The molecule has 0 radical (unpaired) electrons. The van der Waals surface area contributed by atoms with Gasteiger partial charge in [-0.2, -0.15) is 0 Å². The largest absolute Gasteiger partial charge is 0.493 e. The van der Waals surface area contributed by atoms with E-state index in [9.17, 15) is 0 Å². The molecular formula is C24H24N2O3. The molecule has 0 bridgehead atoms. The highest BCUT2D eigenvalue weighted by atomic mass is 16.5. The van der Waals surface area contributed by atoms with Crippen LogP contribution in [0.1, 0.15) is 18.9 Å². The van der Waals surface area contributed by atoms with E-state index in [0.717, 1.165) is 34.1 Å². The van der Waals surface area contributed by atoms with Crippen LogP contribution in [0.25, 0.3) is 11.0 Å². The van der Waals surface area contributed by atoms with Gasteiger partial charge in [0.15, 0.2) is 23.4 Å². The molecule has 29 heavy (non-hydrogen) atoms. The van der Waals surface area contributed by atoms with E-state index in [4.69, 9.17) is 19.2 Å². The third-order valence-corrected chi connectivity index (χ3v) is 4.75. The van der Waals surface area contributed by atoms with Gasteiger partial charge in [-0.1, -0.05) is 42.5 Å². The molecule has 5 heteroatoms. The van der Waals surface area contributed by atoms with Crippen molar-refractivity contribution in [2.75, 3.05) is 13.7 Å². The Labute approximate surface area is 170 Å². The molecule has 148 valence electrons. The van der Waals surface area contributed by atoms with Crippen molar-refractivity contribution in [3.63, 3.8) is 0 Å². The van der Waals surface area contributed by atoms with E-state index in [1.54, 1.807) is 7.11 Å². The standard InChI is InChI=1S/C24H24N2O3/c1-18(29-19-10-4-3-5-11-19)24-25-20-12-6-7-13-21(20)26(24)16-17-28-23-15-9-8-14-22(23)27-2/h3-15,18H,16-17H2,1-2H3. The van der Waals surface area contributed by atoms with Crippen LogP contribution >= 0.6 is 0 Å². The highest BCUT2D eigenvalue weighted by molar-refractivity contribution is 5.76. The normalized spacial score (nSPS) is 11.9. The monoisotopic (exact) mass is 388 g/mol. The van der Waals surface area contributed by atoms with Crippen molar-refractivity contribution < 1.29 is 14.2 Å². The van der Waals surface area contributed by atoms with Crippen LogP contribution in [-0.2, 0) is 6.54 Å². The Kier molecular flexibility index (Phi) is 5.66. The number of hydrogen-bond donors (Lipinski definition) is 0. The SMILES string of the molecule is COc1ccccc1OCCn1c(C(C)Oc2ccccc2)nc2ccccc21. The van der Waals surface area contributed by atoms with Crippen molar-refractivity contribution in [1.29, 1.82) is 0 Å². The third kappa shape index (κ3) is 4.19. The second kappa shape index (κ2) is 8.69.